The first-order valence-electron chi connectivity index (χ1n) is 5.63. The zero-order chi connectivity index (χ0) is 13.2. The van der Waals surface area contributed by atoms with Gasteiger partial charge in [-0.25, -0.2) is 0 Å². The van der Waals surface area contributed by atoms with E-state index >= 15 is 0 Å². The van der Waals surface area contributed by atoms with Crippen LogP contribution in [0.2, 0.25) is 10.0 Å². The average molecular weight is 281 g/mol. The Hall–Kier alpha value is -1.09. The number of hydrogen-bond acceptors (Lipinski definition) is 2. The first-order valence-corrected chi connectivity index (χ1v) is 6.38. The smallest absolute Gasteiger partial charge is 0.0622 e. The number of nitrogens with two attached hydrogens (primary N) is 1. The molecule has 1 atom stereocenters. The first-order chi connectivity index (χ1) is 8.50. The van der Waals surface area contributed by atoms with Gasteiger partial charge in [-0.15, -0.1) is 0 Å². The number of hydrogen-bond donors (Lipinski definition) is 1. The van der Waals surface area contributed by atoms with Crippen molar-refractivity contribution in [2.75, 3.05) is 0 Å². The second-order valence-electron chi connectivity index (χ2n) is 4.54. The van der Waals surface area contributed by atoms with Gasteiger partial charge in [-0.1, -0.05) is 41.4 Å². The van der Waals surface area contributed by atoms with E-state index in [9.17, 15) is 0 Å². The van der Waals surface area contributed by atoms with Gasteiger partial charge in [-0.2, -0.15) is 0 Å². The van der Waals surface area contributed by atoms with Crippen molar-refractivity contribution in [2.24, 2.45) is 5.73 Å². The summed E-state index contributed by atoms with van der Waals surface area (Å²) in [5.74, 6) is 0. The molecule has 2 nitrogen and oxygen atoms in total. The summed E-state index contributed by atoms with van der Waals surface area (Å²) < 4.78 is 0. The average Bonchev–Trinajstić information content (AvgIpc) is 2.32. The Morgan fingerprint density at radius 2 is 1.89 bits per heavy atom. The summed E-state index contributed by atoms with van der Waals surface area (Å²) in [6.45, 7) is 1.95. The number of halogens is 2. The highest BCUT2D eigenvalue weighted by Crippen LogP contribution is 2.30. The highest BCUT2D eigenvalue weighted by molar-refractivity contribution is 6.31. The Kier molecular flexibility index (Phi) is 3.91. The van der Waals surface area contributed by atoms with Crippen LogP contribution in [-0.4, -0.2) is 4.98 Å². The van der Waals surface area contributed by atoms with Crippen molar-refractivity contribution in [3.05, 3.63) is 63.9 Å². The first kappa shape index (κ1) is 13.3. The summed E-state index contributed by atoms with van der Waals surface area (Å²) in [5.41, 5.74) is 7.70. The van der Waals surface area contributed by atoms with Crippen LogP contribution in [-0.2, 0) is 12.0 Å². The van der Waals surface area contributed by atoms with Crippen LogP contribution >= 0.6 is 23.2 Å². The van der Waals surface area contributed by atoms with Crippen molar-refractivity contribution in [1.29, 1.82) is 0 Å². The Bertz CT molecular complexity index is 553. The molecule has 0 radical (unpaired) electrons. The third kappa shape index (κ3) is 2.83. The van der Waals surface area contributed by atoms with E-state index in [4.69, 9.17) is 28.9 Å². The van der Waals surface area contributed by atoms with Crippen LogP contribution in [0.3, 0.4) is 0 Å². The molecule has 0 bridgehead atoms. The summed E-state index contributed by atoms with van der Waals surface area (Å²) in [4.78, 5) is 3.97. The van der Waals surface area contributed by atoms with Crippen LogP contribution in [0.5, 0.6) is 0 Å². The van der Waals surface area contributed by atoms with Gasteiger partial charge in [0, 0.05) is 23.0 Å². The number of nitrogens with zero attached hydrogens (tertiary/aromatic N) is 1. The number of benzene rings is 1. The van der Waals surface area contributed by atoms with E-state index in [1.54, 1.807) is 12.4 Å². The van der Waals surface area contributed by atoms with Crippen LogP contribution < -0.4 is 5.73 Å². The van der Waals surface area contributed by atoms with Crippen LogP contribution in [0.4, 0.5) is 0 Å². The van der Waals surface area contributed by atoms with E-state index in [2.05, 4.69) is 4.98 Å². The van der Waals surface area contributed by atoms with Crippen LogP contribution in [0.15, 0.2) is 42.7 Å². The molecular weight excluding hydrogens is 267 g/mol. The summed E-state index contributed by atoms with van der Waals surface area (Å²) >= 11 is 12.3. The molecular formula is C14H14Cl2N2. The van der Waals surface area contributed by atoms with Crippen molar-refractivity contribution in [3.8, 4) is 0 Å². The van der Waals surface area contributed by atoms with Gasteiger partial charge in [-0.3, -0.25) is 4.98 Å². The van der Waals surface area contributed by atoms with E-state index in [0.717, 1.165) is 11.1 Å². The molecule has 2 aromatic rings. The second kappa shape index (κ2) is 5.27. The van der Waals surface area contributed by atoms with Gasteiger partial charge < -0.3 is 5.73 Å². The van der Waals surface area contributed by atoms with Gasteiger partial charge in [0.05, 0.1) is 5.02 Å². The van der Waals surface area contributed by atoms with Crippen molar-refractivity contribution in [2.45, 2.75) is 18.9 Å². The molecule has 0 saturated carbocycles. The van der Waals surface area contributed by atoms with Crippen LogP contribution in [0.25, 0.3) is 0 Å². The third-order valence-electron chi connectivity index (χ3n) is 2.90. The zero-order valence-electron chi connectivity index (χ0n) is 10.0. The molecule has 1 heterocycles. The molecule has 2 rings (SSSR count). The highest BCUT2D eigenvalue weighted by atomic mass is 35.5. The molecule has 18 heavy (non-hydrogen) atoms. The summed E-state index contributed by atoms with van der Waals surface area (Å²) in [6, 6.07) is 9.49. The van der Waals surface area contributed by atoms with Crippen molar-refractivity contribution in [3.63, 3.8) is 0 Å². The van der Waals surface area contributed by atoms with E-state index in [-0.39, 0.29) is 0 Å². The lowest BCUT2D eigenvalue weighted by atomic mass is 9.87. The molecule has 0 amide bonds. The molecule has 2 N–H and O–H groups in total. The predicted octanol–water partition coefficient (Wildman–Crippen LogP) is 3.81. The molecule has 94 valence electrons. The van der Waals surface area contributed by atoms with E-state index in [0.29, 0.717) is 16.5 Å². The molecule has 0 aliphatic carbocycles. The molecule has 0 saturated heterocycles. The third-order valence-corrected chi connectivity index (χ3v) is 3.57. The summed E-state index contributed by atoms with van der Waals surface area (Å²) in [7, 11) is 0. The van der Waals surface area contributed by atoms with Crippen molar-refractivity contribution >= 4 is 23.2 Å². The quantitative estimate of drug-likeness (QED) is 0.929. The predicted molar refractivity (Wildman–Crippen MR) is 75.9 cm³/mol. The number of aromatic nitrogens is 1. The van der Waals surface area contributed by atoms with E-state index in [1.807, 2.05) is 37.3 Å². The number of rotatable bonds is 3. The normalized spacial score (nSPS) is 14.2. The van der Waals surface area contributed by atoms with Crippen LogP contribution in [0.1, 0.15) is 18.1 Å². The molecule has 4 heteroatoms. The van der Waals surface area contributed by atoms with Gasteiger partial charge in [-0.05, 0) is 36.6 Å². The Labute approximate surface area is 117 Å². The van der Waals surface area contributed by atoms with Crippen molar-refractivity contribution in [1.82, 2.24) is 4.98 Å². The topological polar surface area (TPSA) is 38.9 Å². The largest absolute Gasteiger partial charge is 0.321 e. The van der Waals surface area contributed by atoms with E-state index in [1.165, 1.54) is 0 Å². The molecule has 0 aliphatic rings. The lowest BCUT2D eigenvalue weighted by Crippen LogP contribution is -2.35. The molecule has 1 aromatic heterocycles. The molecule has 0 fully saturated rings. The standard InChI is InChI=1S/C14H14Cl2N2/c1-14(17,11-4-2-3-5-12(11)15)8-10-6-7-18-9-13(10)16/h2-7,9H,8,17H2,1H3. The minimum absolute atomic E-state index is 0.566. The minimum atomic E-state index is -0.566. The highest BCUT2D eigenvalue weighted by Gasteiger charge is 2.24. The Morgan fingerprint density at radius 1 is 1.17 bits per heavy atom. The van der Waals surface area contributed by atoms with Crippen LogP contribution in [0, 0.1) is 0 Å². The molecule has 1 unspecified atom stereocenters. The zero-order valence-corrected chi connectivity index (χ0v) is 11.5. The van der Waals surface area contributed by atoms with Gasteiger partial charge >= 0.3 is 0 Å². The Morgan fingerprint density at radius 3 is 2.56 bits per heavy atom. The summed E-state index contributed by atoms with van der Waals surface area (Å²) in [6.07, 6.45) is 3.95. The SMILES string of the molecule is CC(N)(Cc1ccncc1Cl)c1ccccc1Cl. The molecule has 1 aromatic carbocycles. The minimum Gasteiger partial charge on any atom is -0.321 e. The monoisotopic (exact) mass is 280 g/mol. The second-order valence-corrected chi connectivity index (χ2v) is 5.36. The van der Waals surface area contributed by atoms with Gasteiger partial charge in [0.15, 0.2) is 0 Å². The molecule has 0 aliphatic heterocycles. The maximum Gasteiger partial charge on any atom is 0.0622 e. The lowest BCUT2D eigenvalue weighted by molar-refractivity contribution is 0.491. The fourth-order valence-corrected chi connectivity index (χ4v) is 2.50. The Balaban J connectivity index is 2.33. The fourth-order valence-electron chi connectivity index (χ4n) is 1.96. The number of pyridine rings is 1. The van der Waals surface area contributed by atoms with Gasteiger partial charge in [0.25, 0.3) is 0 Å². The fraction of sp³-hybridized carbons (Fsp3) is 0.214. The lowest BCUT2D eigenvalue weighted by Gasteiger charge is -2.26. The van der Waals surface area contributed by atoms with E-state index < -0.39 is 5.54 Å². The van der Waals surface area contributed by atoms with Gasteiger partial charge in [0.2, 0.25) is 0 Å². The van der Waals surface area contributed by atoms with Crippen molar-refractivity contribution < 1.29 is 0 Å². The molecule has 0 spiro atoms. The maximum atomic E-state index is 6.38. The maximum absolute atomic E-state index is 6.38. The van der Waals surface area contributed by atoms with Gasteiger partial charge in [0.1, 0.15) is 0 Å². The summed E-state index contributed by atoms with van der Waals surface area (Å²) in [5, 5.41) is 1.30.